The normalized spacial score (nSPS) is 37.4. The summed E-state index contributed by atoms with van der Waals surface area (Å²) in [7, 11) is -3.11. The molecule has 0 spiro atoms. The molecule has 1 heterocycles. The van der Waals surface area contributed by atoms with Crippen LogP contribution in [0.15, 0.2) is 0 Å². The Morgan fingerprint density at radius 3 is 1.78 bits per heavy atom. The maximum absolute atomic E-state index is 12.8. The van der Waals surface area contributed by atoms with Gasteiger partial charge >= 0.3 is 14.7 Å². The van der Waals surface area contributed by atoms with Crippen molar-refractivity contribution >= 4 is 14.7 Å². The molecule has 0 unspecified atom stereocenters. The zero-order valence-electron chi connectivity index (χ0n) is 15.3. The van der Waals surface area contributed by atoms with Gasteiger partial charge in [-0.05, 0) is 66.2 Å². The summed E-state index contributed by atoms with van der Waals surface area (Å²) in [5.74, 6) is 0. The molecule has 0 aromatic carbocycles. The summed E-state index contributed by atoms with van der Waals surface area (Å²) in [5, 5.41) is 0.105. The van der Waals surface area contributed by atoms with E-state index in [4.69, 9.17) is 18.4 Å². The first-order valence-corrected chi connectivity index (χ1v) is 10.5. The molecule has 3 aliphatic carbocycles. The van der Waals surface area contributed by atoms with Gasteiger partial charge < -0.3 is 18.4 Å². The van der Waals surface area contributed by atoms with Crippen LogP contribution in [0.4, 0.5) is 0 Å². The van der Waals surface area contributed by atoms with Gasteiger partial charge in [0.25, 0.3) is 0 Å². The zero-order valence-corrected chi connectivity index (χ0v) is 16.2. The summed E-state index contributed by atoms with van der Waals surface area (Å²) in [6.07, 6.45) is 3.53. The Morgan fingerprint density at radius 1 is 0.957 bits per heavy atom. The average Bonchev–Trinajstić information content (AvgIpc) is 2.52. The van der Waals surface area contributed by atoms with Gasteiger partial charge in [0.2, 0.25) is 0 Å². The smallest absolute Gasteiger partial charge is 0.403 e. The molecule has 5 nitrogen and oxygen atoms in total. The molecule has 4 rings (SSSR count). The van der Waals surface area contributed by atoms with Crippen molar-refractivity contribution < 1.29 is 22.9 Å². The van der Waals surface area contributed by atoms with Crippen LogP contribution in [-0.4, -0.2) is 37.7 Å². The highest BCUT2D eigenvalue weighted by atomic mass is 31.2. The molecule has 0 atom stereocenters. The number of rotatable bonds is 7. The largest absolute Gasteiger partial charge is 0.464 e. The minimum atomic E-state index is -2.96. The summed E-state index contributed by atoms with van der Waals surface area (Å²) >= 11 is 0. The molecule has 23 heavy (non-hydrogen) atoms. The van der Waals surface area contributed by atoms with Crippen LogP contribution in [-0.2, 0) is 22.9 Å². The van der Waals surface area contributed by atoms with Crippen LogP contribution >= 0.6 is 7.60 Å². The topological polar surface area (TPSA) is 54.0 Å². The quantitative estimate of drug-likeness (QED) is 0.510. The van der Waals surface area contributed by atoms with Crippen molar-refractivity contribution in [1.82, 2.24) is 0 Å². The summed E-state index contributed by atoms with van der Waals surface area (Å²) in [6, 6.07) is 0. The minimum Gasteiger partial charge on any atom is -0.403 e. The van der Waals surface area contributed by atoms with Crippen LogP contribution in [0.2, 0.25) is 5.31 Å². The lowest BCUT2D eigenvalue weighted by Gasteiger charge is -2.71. The molecule has 1 saturated heterocycles. The summed E-state index contributed by atoms with van der Waals surface area (Å²) < 4.78 is 36.1. The SMILES string of the molecule is CCOP(=O)(CC12CC(B3OC(C)(C)C(C)(C)O3)(C1)C2)OCC. The van der Waals surface area contributed by atoms with E-state index >= 15 is 0 Å². The van der Waals surface area contributed by atoms with Gasteiger partial charge in [0.15, 0.2) is 0 Å². The highest BCUT2D eigenvalue weighted by molar-refractivity contribution is 7.53. The van der Waals surface area contributed by atoms with Gasteiger partial charge in [0.1, 0.15) is 0 Å². The highest BCUT2D eigenvalue weighted by Gasteiger charge is 2.77. The zero-order chi connectivity index (χ0) is 17.1. The maximum Gasteiger partial charge on any atom is 0.464 e. The van der Waals surface area contributed by atoms with E-state index in [0.717, 1.165) is 19.3 Å². The first-order chi connectivity index (χ1) is 10.5. The molecular weight excluding hydrogens is 314 g/mol. The van der Waals surface area contributed by atoms with Gasteiger partial charge in [-0.3, -0.25) is 4.57 Å². The molecule has 4 aliphatic rings. The lowest BCUT2D eigenvalue weighted by atomic mass is 9.24. The van der Waals surface area contributed by atoms with E-state index in [1.165, 1.54) is 0 Å². The lowest BCUT2D eigenvalue weighted by molar-refractivity contribution is -0.0941. The fourth-order valence-corrected chi connectivity index (χ4v) is 6.73. The third-order valence-electron chi connectivity index (χ3n) is 6.12. The van der Waals surface area contributed by atoms with E-state index in [0.29, 0.717) is 19.4 Å². The summed E-state index contributed by atoms with van der Waals surface area (Å²) in [6.45, 7) is 12.9. The maximum atomic E-state index is 12.8. The van der Waals surface area contributed by atoms with Crippen LogP contribution in [0.1, 0.15) is 60.8 Å². The Balaban J connectivity index is 1.61. The van der Waals surface area contributed by atoms with Crippen LogP contribution in [0.3, 0.4) is 0 Å². The average molecular weight is 344 g/mol. The van der Waals surface area contributed by atoms with E-state index in [1.807, 2.05) is 13.8 Å². The molecule has 7 heteroatoms. The molecule has 132 valence electrons. The molecule has 1 aliphatic heterocycles. The molecule has 0 radical (unpaired) electrons. The van der Waals surface area contributed by atoms with E-state index in [1.54, 1.807) is 0 Å². The van der Waals surface area contributed by atoms with Crippen molar-refractivity contribution in [3.63, 3.8) is 0 Å². The monoisotopic (exact) mass is 344 g/mol. The fourth-order valence-electron chi connectivity index (χ4n) is 4.53. The highest BCUT2D eigenvalue weighted by Crippen LogP contribution is 2.83. The Labute approximate surface area is 140 Å². The first kappa shape index (κ1) is 17.9. The van der Waals surface area contributed by atoms with Crippen molar-refractivity contribution in [2.24, 2.45) is 5.41 Å². The molecule has 4 fully saturated rings. The lowest BCUT2D eigenvalue weighted by Crippen LogP contribution is -2.65. The molecule has 3 saturated carbocycles. The predicted octanol–water partition coefficient (Wildman–Crippen LogP) is 4.27. The van der Waals surface area contributed by atoms with E-state index in [-0.39, 0.29) is 29.0 Å². The van der Waals surface area contributed by atoms with Crippen molar-refractivity contribution in [2.75, 3.05) is 19.4 Å². The summed E-state index contributed by atoms with van der Waals surface area (Å²) in [4.78, 5) is 0. The van der Waals surface area contributed by atoms with Crippen LogP contribution in [0.25, 0.3) is 0 Å². The first-order valence-electron chi connectivity index (χ1n) is 8.75. The van der Waals surface area contributed by atoms with Gasteiger partial charge in [-0.25, -0.2) is 0 Å². The second-order valence-electron chi connectivity index (χ2n) is 8.59. The second-order valence-corrected chi connectivity index (χ2v) is 10.6. The van der Waals surface area contributed by atoms with Crippen molar-refractivity contribution in [3.05, 3.63) is 0 Å². The minimum absolute atomic E-state index is 0.101. The molecule has 2 bridgehead atoms. The van der Waals surface area contributed by atoms with E-state index in [9.17, 15) is 4.57 Å². The van der Waals surface area contributed by atoms with E-state index in [2.05, 4.69) is 27.7 Å². The number of hydrogen-bond acceptors (Lipinski definition) is 5. The molecule has 0 N–H and O–H groups in total. The van der Waals surface area contributed by atoms with Crippen molar-refractivity contribution in [2.45, 2.75) is 77.3 Å². The van der Waals surface area contributed by atoms with Crippen molar-refractivity contribution in [1.29, 1.82) is 0 Å². The van der Waals surface area contributed by atoms with Gasteiger partial charge in [0, 0.05) is 5.31 Å². The van der Waals surface area contributed by atoms with Crippen LogP contribution in [0.5, 0.6) is 0 Å². The molecular formula is C16H30BO5P. The Kier molecular flexibility index (Phi) is 4.15. The van der Waals surface area contributed by atoms with Crippen molar-refractivity contribution in [3.8, 4) is 0 Å². The third kappa shape index (κ3) is 2.75. The Morgan fingerprint density at radius 2 is 1.39 bits per heavy atom. The standard InChI is InChI=1S/C16H30BO5P/c1-7-19-23(18,20-8-2)12-15-9-16(10-15,11-15)17-21-13(3,4)14(5,6)22-17/h7-12H2,1-6H3. The Bertz CT molecular complexity index is 487. The van der Waals surface area contributed by atoms with Gasteiger partial charge in [0.05, 0.1) is 30.6 Å². The summed E-state index contributed by atoms with van der Waals surface area (Å²) in [5.41, 5.74) is -0.470. The van der Waals surface area contributed by atoms with Gasteiger partial charge in [-0.15, -0.1) is 0 Å². The Hall–Kier alpha value is 0.135. The van der Waals surface area contributed by atoms with Gasteiger partial charge in [-0.2, -0.15) is 0 Å². The molecule has 0 aromatic rings. The van der Waals surface area contributed by atoms with Crippen LogP contribution < -0.4 is 0 Å². The molecule has 0 aromatic heterocycles. The predicted molar refractivity (Wildman–Crippen MR) is 90.8 cm³/mol. The van der Waals surface area contributed by atoms with E-state index < -0.39 is 7.60 Å². The van der Waals surface area contributed by atoms with Crippen LogP contribution in [0, 0.1) is 5.41 Å². The number of hydrogen-bond donors (Lipinski definition) is 0. The second kappa shape index (κ2) is 5.31. The van der Waals surface area contributed by atoms with Gasteiger partial charge in [-0.1, -0.05) is 0 Å². The fraction of sp³-hybridized carbons (Fsp3) is 1.00. The third-order valence-corrected chi connectivity index (χ3v) is 8.48. The molecule has 0 amide bonds.